The Morgan fingerprint density at radius 3 is 2.57 bits per heavy atom. The van der Waals surface area contributed by atoms with Gasteiger partial charge >= 0.3 is 5.97 Å². The molecular formula is C27H25F2NO5. The van der Waals surface area contributed by atoms with E-state index in [0.717, 1.165) is 4.90 Å². The van der Waals surface area contributed by atoms with Gasteiger partial charge < -0.3 is 19.5 Å². The molecule has 4 rings (SSSR count). The molecule has 0 spiro atoms. The van der Waals surface area contributed by atoms with Gasteiger partial charge in [0.2, 0.25) is 0 Å². The van der Waals surface area contributed by atoms with Crippen LogP contribution in [0.2, 0.25) is 0 Å². The van der Waals surface area contributed by atoms with Crippen LogP contribution in [0.5, 0.6) is 11.5 Å². The Hall–Kier alpha value is -3.94. The average Bonchev–Trinajstić information content (AvgIpc) is 3.14. The van der Waals surface area contributed by atoms with E-state index in [1.165, 1.54) is 37.4 Å². The topological polar surface area (TPSA) is 76.1 Å². The first-order valence-electron chi connectivity index (χ1n) is 11.1. The lowest BCUT2D eigenvalue weighted by atomic mass is 9.91. The molecule has 0 radical (unpaired) electrons. The third-order valence-electron chi connectivity index (χ3n) is 5.91. The predicted octanol–water partition coefficient (Wildman–Crippen LogP) is 4.64. The van der Waals surface area contributed by atoms with Crippen molar-refractivity contribution in [3.05, 3.63) is 94.6 Å². The first kappa shape index (κ1) is 24.2. The summed E-state index contributed by atoms with van der Waals surface area (Å²) < 4.78 is 39.6. The van der Waals surface area contributed by atoms with Crippen LogP contribution in [-0.4, -0.2) is 41.1 Å². The number of methoxy groups -OCH3 is 1. The van der Waals surface area contributed by atoms with E-state index in [0.29, 0.717) is 41.0 Å². The van der Waals surface area contributed by atoms with Crippen LogP contribution in [0, 0.1) is 11.6 Å². The number of carboxylic acid groups (broad SMARTS) is 1. The van der Waals surface area contributed by atoms with Crippen LogP contribution in [0.4, 0.5) is 8.78 Å². The Balaban J connectivity index is 1.62. The van der Waals surface area contributed by atoms with Crippen molar-refractivity contribution in [1.82, 2.24) is 4.90 Å². The van der Waals surface area contributed by atoms with Gasteiger partial charge in [0.25, 0.3) is 5.91 Å². The van der Waals surface area contributed by atoms with Gasteiger partial charge in [0.15, 0.2) is 11.5 Å². The third kappa shape index (κ3) is 5.42. The van der Waals surface area contributed by atoms with E-state index in [4.69, 9.17) is 9.47 Å². The van der Waals surface area contributed by atoms with Crippen LogP contribution in [0.3, 0.4) is 0 Å². The van der Waals surface area contributed by atoms with Gasteiger partial charge in [-0.1, -0.05) is 30.3 Å². The smallest absolute Gasteiger partial charge is 0.323 e. The normalized spacial score (nSPS) is 16.3. The molecule has 35 heavy (non-hydrogen) atoms. The summed E-state index contributed by atoms with van der Waals surface area (Å²) in [5, 5.41) is 9.36. The molecule has 1 atom stereocenters. The van der Waals surface area contributed by atoms with Crippen molar-refractivity contribution in [2.45, 2.75) is 31.9 Å². The quantitative estimate of drug-likeness (QED) is 0.508. The zero-order chi connectivity index (χ0) is 25.2. The van der Waals surface area contributed by atoms with Crippen molar-refractivity contribution in [1.29, 1.82) is 0 Å². The zero-order valence-electron chi connectivity index (χ0n) is 19.4. The number of fused-ring (bicyclic) bond motifs is 1. The molecule has 0 aromatic heterocycles. The summed E-state index contributed by atoms with van der Waals surface area (Å²) in [5.74, 6) is -1.74. The van der Waals surface area contributed by atoms with Gasteiger partial charge in [0, 0.05) is 30.5 Å². The third-order valence-corrected chi connectivity index (χ3v) is 5.91. The Morgan fingerprint density at radius 1 is 1.11 bits per heavy atom. The largest absolute Gasteiger partial charge is 0.493 e. The number of carbonyl (C=O) groups is 2. The molecule has 1 heterocycles. The minimum atomic E-state index is -1.19. The second-order valence-electron chi connectivity index (χ2n) is 8.85. The van der Waals surface area contributed by atoms with Crippen LogP contribution in [0.15, 0.2) is 60.7 Å². The summed E-state index contributed by atoms with van der Waals surface area (Å²) in [6.45, 7) is 1.22. The van der Waals surface area contributed by atoms with E-state index in [-0.39, 0.29) is 17.9 Å². The fourth-order valence-electron chi connectivity index (χ4n) is 4.41. The van der Waals surface area contributed by atoms with Crippen molar-refractivity contribution in [2.24, 2.45) is 0 Å². The van der Waals surface area contributed by atoms with E-state index >= 15 is 0 Å². The molecule has 0 saturated heterocycles. The predicted molar refractivity (Wildman–Crippen MR) is 125 cm³/mol. The summed E-state index contributed by atoms with van der Waals surface area (Å²) in [6, 6.07) is 15.3. The second-order valence-corrected chi connectivity index (χ2v) is 8.85. The van der Waals surface area contributed by atoms with Crippen molar-refractivity contribution < 1.29 is 33.0 Å². The SMILES string of the molecule is COc1cc(C(=O)N(CC(=O)O)Cc2cccc(F)c2)cc2c1OC(C)(Cc1ccccc1F)C2. The lowest BCUT2D eigenvalue weighted by molar-refractivity contribution is -0.137. The summed E-state index contributed by atoms with van der Waals surface area (Å²) in [5.41, 5.74) is 1.14. The van der Waals surface area contributed by atoms with Crippen molar-refractivity contribution >= 4 is 11.9 Å². The highest BCUT2D eigenvalue weighted by Gasteiger charge is 2.38. The highest BCUT2D eigenvalue weighted by Crippen LogP contribution is 2.44. The maximum absolute atomic E-state index is 14.3. The van der Waals surface area contributed by atoms with Crippen LogP contribution in [0.1, 0.15) is 34.0 Å². The minimum absolute atomic E-state index is 0.0796. The number of carbonyl (C=O) groups excluding carboxylic acids is 1. The van der Waals surface area contributed by atoms with E-state index < -0.39 is 29.8 Å². The van der Waals surface area contributed by atoms with Crippen LogP contribution in [0.25, 0.3) is 0 Å². The summed E-state index contributed by atoms with van der Waals surface area (Å²) >= 11 is 0. The molecule has 8 heteroatoms. The fourth-order valence-corrected chi connectivity index (χ4v) is 4.41. The monoisotopic (exact) mass is 481 g/mol. The highest BCUT2D eigenvalue weighted by atomic mass is 19.1. The molecule has 0 aliphatic carbocycles. The Kier molecular flexibility index (Phi) is 6.73. The number of amides is 1. The van der Waals surface area contributed by atoms with Crippen LogP contribution in [-0.2, 0) is 24.2 Å². The molecule has 6 nitrogen and oxygen atoms in total. The number of aliphatic carboxylic acids is 1. The molecule has 0 bridgehead atoms. The van der Waals surface area contributed by atoms with E-state index in [9.17, 15) is 23.5 Å². The fraction of sp³-hybridized carbons (Fsp3) is 0.259. The summed E-state index contributed by atoms with van der Waals surface area (Å²) in [6.07, 6.45) is 0.711. The molecule has 0 saturated carbocycles. The zero-order valence-corrected chi connectivity index (χ0v) is 19.4. The average molecular weight is 481 g/mol. The molecule has 3 aromatic rings. The number of nitrogens with zero attached hydrogens (tertiary/aromatic N) is 1. The van der Waals surface area contributed by atoms with Gasteiger partial charge in [-0.15, -0.1) is 0 Å². The first-order valence-corrected chi connectivity index (χ1v) is 11.1. The number of benzene rings is 3. The minimum Gasteiger partial charge on any atom is -0.493 e. The van der Waals surface area contributed by atoms with Crippen molar-refractivity contribution in [2.75, 3.05) is 13.7 Å². The molecular weight excluding hydrogens is 456 g/mol. The number of halogens is 2. The molecule has 1 unspecified atom stereocenters. The molecule has 3 aromatic carbocycles. The van der Waals surface area contributed by atoms with E-state index in [1.54, 1.807) is 30.3 Å². The molecule has 1 aliphatic rings. The Bertz CT molecular complexity index is 1280. The van der Waals surface area contributed by atoms with Gasteiger partial charge in [-0.05, 0) is 48.4 Å². The molecule has 0 fully saturated rings. The van der Waals surface area contributed by atoms with Crippen LogP contribution < -0.4 is 9.47 Å². The number of hydrogen-bond acceptors (Lipinski definition) is 4. The van der Waals surface area contributed by atoms with Gasteiger partial charge in [0.1, 0.15) is 23.8 Å². The number of carboxylic acids is 1. The van der Waals surface area contributed by atoms with Gasteiger partial charge in [-0.3, -0.25) is 9.59 Å². The Labute approximate surface area is 201 Å². The van der Waals surface area contributed by atoms with Crippen molar-refractivity contribution in [3.63, 3.8) is 0 Å². The second kappa shape index (κ2) is 9.74. The highest BCUT2D eigenvalue weighted by molar-refractivity contribution is 5.97. The van der Waals surface area contributed by atoms with Gasteiger partial charge in [-0.25, -0.2) is 8.78 Å². The number of hydrogen-bond donors (Lipinski definition) is 1. The maximum Gasteiger partial charge on any atom is 0.323 e. The molecule has 1 amide bonds. The summed E-state index contributed by atoms with van der Waals surface area (Å²) in [7, 11) is 1.45. The lowest BCUT2D eigenvalue weighted by Gasteiger charge is -2.24. The molecule has 1 aliphatic heterocycles. The molecule has 1 N–H and O–H groups in total. The standard InChI is InChI=1S/C27H25F2NO5/c1-27(13-18-7-3-4-9-22(18)29)14-20-11-19(12-23(34-2)25(20)35-27)26(33)30(16-24(31)32)15-17-6-5-8-21(28)10-17/h3-12H,13-16H2,1-2H3,(H,31,32). The van der Waals surface area contributed by atoms with E-state index in [1.807, 2.05) is 6.92 Å². The van der Waals surface area contributed by atoms with Crippen molar-refractivity contribution in [3.8, 4) is 11.5 Å². The van der Waals surface area contributed by atoms with Gasteiger partial charge in [-0.2, -0.15) is 0 Å². The first-order chi connectivity index (χ1) is 16.7. The number of rotatable bonds is 8. The molecule has 182 valence electrons. The Morgan fingerprint density at radius 2 is 1.89 bits per heavy atom. The maximum atomic E-state index is 14.3. The van der Waals surface area contributed by atoms with Gasteiger partial charge in [0.05, 0.1) is 7.11 Å². The van der Waals surface area contributed by atoms with Crippen LogP contribution >= 0.6 is 0 Å². The van der Waals surface area contributed by atoms with E-state index in [2.05, 4.69) is 0 Å². The number of ether oxygens (including phenoxy) is 2. The summed E-state index contributed by atoms with van der Waals surface area (Å²) in [4.78, 5) is 25.9. The lowest BCUT2D eigenvalue weighted by Crippen LogP contribution is -2.35.